The first-order valence-corrected chi connectivity index (χ1v) is 8.25. The molecule has 108 valence electrons. The monoisotopic (exact) mass is 264 g/mol. The van der Waals surface area contributed by atoms with Crippen molar-refractivity contribution in [2.24, 2.45) is 17.1 Å². The van der Waals surface area contributed by atoms with Gasteiger partial charge in [-0.15, -0.1) is 0 Å². The Morgan fingerprint density at radius 3 is 2.16 bits per heavy atom. The van der Waals surface area contributed by atoms with Crippen LogP contribution in [0.15, 0.2) is 0 Å². The molecule has 1 unspecified atom stereocenters. The molecule has 1 atom stereocenters. The van der Waals surface area contributed by atoms with Gasteiger partial charge >= 0.3 is 0 Å². The van der Waals surface area contributed by atoms with Crippen molar-refractivity contribution in [2.75, 3.05) is 0 Å². The Morgan fingerprint density at radius 1 is 0.947 bits per heavy atom. The molecule has 3 saturated carbocycles. The lowest BCUT2D eigenvalue weighted by Gasteiger charge is -2.54. The largest absolute Gasteiger partial charge is 0.369 e. The zero-order valence-corrected chi connectivity index (χ0v) is 12.0. The van der Waals surface area contributed by atoms with Gasteiger partial charge < -0.3 is 11.1 Å². The number of hydrogen-bond acceptors (Lipinski definition) is 2. The summed E-state index contributed by atoms with van der Waals surface area (Å²) in [5, 5.41) is 3.92. The maximum Gasteiger partial charge on any atom is 0.220 e. The van der Waals surface area contributed by atoms with Crippen molar-refractivity contribution in [2.45, 2.75) is 82.7 Å². The first-order valence-electron chi connectivity index (χ1n) is 8.25. The van der Waals surface area contributed by atoms with E-state index in [9.17, 15) is 4.79 Å². The van der Waals surface area contributed by atoms with E-state index in [-0.39, 0.29) is 11.8 Å². The molecule has 0 aliphatic heterocycles. The van der Waals surface area contributed by atoms with Crippen molar-refractivity contribution in [3.8, 4) is 0 Å². The van der Waals surface area contributed by atoms with Gasteiger partial charge in [0.25, 0.3) is 0 Å². The number of carbonyl (C=O) groups is 1. The van der Waals surface area contributed by atoms with Crippen molar-refractivity contribution in [3.63, 3.8) is 0 Å². The van der Waals surface area contributed by atoms with Crippen molar-refractivity contribution in [3.05, 3.63) is 0 Å². The van der Waals surface area contributed by atoms with Crippen molar-refractivity contribution < 1.29 is 4.79 Å². The average Bonchev–Trinajstić information content (AvgIpc) is 2.45. The molecule has 3 N–H and O–H groups in total. The first kappa shape index (κ1) is 13.4. The summed E-state index contributed by atoms with van der Waals surface area (Å²) in [7, 11) is 0. The highest BCUT2D eigenvalue weighted by atomic mass is 16.1. The highest BCUT2D eigenvalue weighted by Crippen LogP contribution is 2.52. The number of nitrogens with one attached hydrogen (secondary N) is 1. The van der Waals surface area contributed by atoms with Crippen LogP contribution < -0.4 is 11.1 Å². The number of carbonyl (C=O) groups excluding carboxylic acids is 1. The Kier molecular flexibility index (Phi) is 3.84. The average molecular weight is 264 g/mol. The molecule has 19 heavy (non-hydrogen) atoms. The van der Waals surface area contributed by atoms with Crippen molar-refractivity contribution in [1.82, 2.24) is 5.32 Å². The normalized spacial score (nSPS) is 37.8. The van der Waals surface area contributed by atoms with Crippen LogP contribution >= 0.6 is 0 Å². The molecule has 0 radical (unpaired) electrons. The molecular weight excluding hydrogens is 236 g/mol. The Balaban J connectivity index is 1.49. The van der Waals surface area contributed by atoms with Gasteiger partial charge in [-0.2, -0.15) is 0 Å². The molecule has 1 spiro atoms. The zero-order chi connectivity index (χ0) is 13.3. The number of hydrogen-bond donors (Lipinski definition) is 2. The topological polar surface area (TPSA) is 55.1 Å². The van der Waals surface area contributed by atoms with E-state index >= 15 is 0 Å². The van der Waals surface area contributed by atoms with Gasteiger partial charge in [0.1, 0.15) is 0 Å². The van der Waals surface area contributed by atoms with Crippen LogP contribution in [0.3, 0.4) is 0 Å². The summed E-state index contributed by atoms with van der Waals surface area (Å²) in [6.45, 7) is 0. The molecule has 0 aromatic heterocycles. The second kappa shape index (κ2) is 5.43. The fourth-order valence-electron chi connectivity index (χ4n) is 4.64. The Bertz CT molecular complexity index is 328. The van der Waals surface area contributed by atoms with Gasteiger partial charge in [-0.05, 0) is 56.8 Å². The minimum absolute atomic E-state index is 0.0918. The van der Waals surface area contributed by atoms with Crippen molar-refractivity contribution >= 4 is 5.91 Å². The smallest absolute Gasteiger partial charge is 0.220 e. The lowest BCUT2D eigenvalue weighted by atomic mass is 9.57. The van der Waals surface area contributed by atoms with E-state index in [2.05, 4.69) is 5.32 Å². The minimum Gasteiger partial charge on any atom is -0.369 e. The predicted molar refractivity (Wildman–Crippen MR) is 76.6 cm³/mol. The highest BCUT2D eigenvalue weighted by molar-refractivity contribution is 5.76. The van der Waals surface area contributed by atoms with Crippen LogP contribution in [-0.2, 0) is 4.79 Å². The Morgan fingerprint density at radius 2 is 1.63 bits per heavy atom. The fourth-order valence-corrected chi connectivity index (χ4v) is 4.64. The summed E-state index contributed by atoms with van der Waals surface area (Å²) in [6.07, 6.45) is 14.3. The molecule has 1 amide bonds. The third-order valence-corrected chi connectivity index (χ3v) is 6.09. The number of nitrogens with two attached hydrogens (primary N) is 1. The van der Waals surface area contributed by atoms with Gasteiger partial charge in [0, 0.05) is 18.0 Å². The molecule has 3 nitrogen and oxygen atoms in total. The highest BCUT2D eigenvalue weighted by Gasteiger charge is 2.47. The van der Waals surface area contributed by atoms with Crippen LogP contribution in [0.25, 0.3) is 0 Å². The molecule has 0 bridgehead atoms. The molecule has 3 rings (SSSR count). The lowest BCUT2D eigenvalue weighted by Crippen LogP contribution is -2.57. The van der Waals surface area contributed by atoms with E-state index in [0.29, 0.717) is 11.5 Å². The third kappa shape index (κ3) is 2.67. The van der Waals surface area contributed by atoms with Gasteiger partial charge in [-0.1, -0.05) is 19.3 Å². The minimum atomic E-state index is -0.0918. The summed E-state index contributed by atoms with van der Waals surface area (Å²) in [6, 6.07) is 1.41. The summed E-state index contributed by atoms with van der Waals surface area (Å²) in [5.74, 6) is 0.0499. The lowest BCUT2D eigenvalue weighted by molar-refractivity contribution is -0.122. The van der Waals surface area contributed by atoms with E-state index < -0.39 is 0 Å². The maximum absolute atomic E-state index is 11.2. The summed E-state index contributed by atoms with van der Waals surface area (Å²) in [5.41, 5.74) is 6.06. The number of rotatable bonds is 3. The van der Waals surface area contributed by atoms with Gasteiger partial charge in [0.2, 0.25) is 5.91 Å². The molecule has 3 aliphatic rings. The van der Waals surface area contributed by atoms with Crippen LogP contribution in [-0.4, -0.2) is 18.0 Å². The van der Waals surface area contributed by atoms with Crippen molar-refractivity contribution in [1.29, 1.82) is 0 Å². The van der Waals surface area contributed by atoms with E-state index in [1.807, 2.05) is 0 Å². The predicted octanol–water partition coefficient (Wildman–Crippen LogP) is 2.73. The second-order valence-electron chi connectivity index (χ2n) is 7.13. The third-order valence-electron chi connectivity index (χ3n) is 6.09. The van der Waals surface area contributed by atoms with E-state index in [1.165, 1.54) is 44.9 Å². The zero-order valence-electron chi connectivity index (χ0n) is 12.0. The molecule has 3 fully saturated rings. The number of primary amides is 1. The van der Waals surface area contributed by atoms with Crippen LogP contribution in [0.1, 0.15) is 70.6 Å². The molecule has 0 heterocycles. The summed E-state index contributed by atoms with van der Waals surface area (Å²) in [4.78, 5) is 11.2. The maximum atomic E-state index is 11.2. The molecule has 0 aromatic rings. The van der Waals surface area contributed by atoms with E-state index in [4.69, 9.17) is 5.73 Å². The van der Waals surface area contributed by atoms with Crippen LogP contribution in [0.4, 0.5) is 0 Å². The SMILES string of the molecule is NC(=O)C1CCC(NC2CCC23CCCCC3)CC1. The van der Waals surface area contributed by atoms with Crippen LogP contribution in [0.2, 0.25) is 0 Å². The molecule has 0 saturated heterocycles. The van der Waals surface area contributed by atoms with E-state index in [1.54, 1.807) is 0 Å². The van der Waals surface area contributed by atoms with Crippen LogP contribution in [0.5, 0.6) is 0 Å². The molecule has 3 aliphatic carbocycles. The van der Waals surface area contributed by atoms with Gasteiger partial charge in [0.05, 0.1) is 0 Å². The second-order valence-corrected chi connectivity index (χ2v) is 7.13. The number of amides is 1. The fraction of sp³-hybridized carbons (Fsp3) is 0.938. The van der Waals surface area contributed by atoms with Gasteiger partial charge in [0.15, 0.2) is 0 Å². The molecule has 3 heteroatoms. The first-order chi connectivity index (χ1) is 9.20. The Hall–Kier alpha value is -0.570. The van der Waals surface area contributed by atoms with Crippen LogP contribution in [0, 0.1) is 11.3 Å². The van der Waals surface area contributed by atoms with Gasteiger partial charge in [-0.3, -0.25) is 4.79 Å². The quantitative estimate of drug-likeness (QED) is 0.823. The molecule has 0 aromatic carbocycles. The summed E-state index contributed by atoms with van der Waals surface area (Å²) < 4.78 is 0. The standard InChI is InChI=1S/C16H28N2O/c17-15(19)12-4-6-13(7-5-12)18-14-8-11-16(14)9-2-1-3-10-16/h12-14,18H,1-11H2,(H2,17,19). The molecular formula is C16H28N2O. The summed E-state index contributed by atoms with van der Waals surface area (Å²) >= 11 is 0. The Labute approximate surface area is 116 Å². The van der Waals surface area contributed by atoms with E-state index in [0.717, 1.165) is 31.7 Å². The van der Waals surface area contributed by atoms with Gasteiger partial charge in [-0.25, -0.2) is 0 Å².